The average molecular weight is 369 g/mol. The summed E-state index contributed by atoms with van der Waals surface area (Å²) < 4.78 is 10.6. The lowest BCUT2D eigenvalue weighted by Crippen LogP contribution is -2.41. The Bertz CT molecular complexity index is 907. The first-order valence-electron chi connectivity index (χ1n) is 8.66. The summed E-state index contributed by atoms with van der Waals surface area (Å²) >= 11 is 0. The Balaban J connectivity index is 2.02. The number of anilines is 1. The van der Waals surface area contributed by atoms with Crippen LogP contribution in [-0.4, -0.2) is 31.0 Å². The van der Waals surface area contributed by atoms with E-state index in [4.69, 9.17) is 9.47 Å². The van der Waals surface area contributed by atoms with Crippen molar-refractivity contribution in [2.45, 2.75) is 32.4 Å². The second-order valence-corrected chi connectivity index (χ2v) is 6.84. The number of Topliss-reactive ketones (excluding diaryl/α,β-unsaturated/α-hetero) is 1. The Morgan fingerprint density at radius 3 is 2.44 bits per heavy atom. The molecule has 1 atom stereocenters. The third kappa shape index (κ3) is 3.28. The van der Waals surface area contributed by atoms with Crippen molar-refractivity contribution in [1.29, 1.82) is 0 Å². The van der Waals surface area contributed by atoms with E-state index in [9.17, 15) is 14.7 Å². The molecule has 2 aromatic rings. The molecular weight excluding hydrogens is 346 g/mol. The molecule has 0 bridgehead atoms. The van der Waals surface area contributed by atoms with Crippen molar-refractivity contribution in [1.82, 2.24) is 0 Å². The van der Waals surface area contributed by atoms with Gasteiger partial charge in [-0.3, -0.25) is 9.59 Å². The van der Waals surface area contributed by atoms with Crippen LogP contribution in [0.4, 0.5) is 5.69 Å². The number of aliphatic hydroxyl groups is 1. The maximum absolute atomic E-state index is 13.1. The van der Waals surface area contributed by atoms with Crippen LogP contribution in [0.25, 0.3) is 0 Å². The first-order valence-corrected chi connectivity index (χ1v) is 8.66. The zero-order valence-corrected chi connectivity index (χ0v) is 15.9. The van der Waals surface area contributed by atoms with Crippen LogP contribution in [0, 0.1) is 6.92 Å². The lowest BCUT2D eigenvalue weighted by Gasteiger charge is -2.22. The highest BCUT2D eigenvalue weighted by molar-refractivity contribution is 6.08. The molecule has 0 spiro atoms. The summed E-state index contributed by atoms with van der Waals surface area (Å²) in [5.74, 6) is 0.419. The molecule has 27 heavy (non-hydrogen) atoms. The highest BCUT2D eigenvalue weighted by Gasteiger charge is 2.50. The van der Waals surface area contributed by atoms with Gasteiger partial charge in [0.15, 0.2) is 17.1 Å². The van der Waals surface area contributed by atoms with Crippen molar-refractivity contribution in [3.8, 4) is 11.5 Å². The quantitative estimate of drug-likeness (QED) is 0.847. The number of hydrogen-bond donors (Lipinski definition) is 1. The minimum Gasteiger partial charge on any atom is -0.493 e. The Labute approximate surface area is 158 Å². The Morgan fingerprint density at radius 2 is 1.81 bits per heavy atom. The summed E-state index contributed by atoms with van der Waals surface area (Å²) in [6.45, 7) is 3.50. The normalized spacial score (nSPS) is 18.4. The van der Waals surface area contributed by atoms with Crippen LogP contribution in [0.3, 0.4) is 0 Å². The Morgan fingerprint density at radius 1 is 1.11 bits per heavy atom. The number of carbonyl (C=O) groups is 2. The van der Waals surface area contributed by atoms with Crippen LogP contribution in [0.5, 0.6) is 11.5 Å². The number of methoxy groups -OCH3 is 2. The van der Waals surface area contributed by atoms with E-state index in [1.54, 1.807) is 38.5 Å². The molecule has 142 valence electrons. The second kappa shape index (κ2) is 7.04. The van der Waals surface area contributed by atoms with Crippen molar-refractivity contribution in [3.05, 3.63) is 53.1 Å². The molecule has 1 amide bonds. The van der Waals surface area contributed by atoms with Gasteiger partial charge in [0, 0.05) is 12.0 Å². The van der Waals surface area contributed by atoms with Crippen molar-refractivity contribution >= 4 is 17.4 Å². The Kier molecular flexibility index (Phi) is 4.93. The summed E-state index contributed by atoms with van der Waals surface area (Å²) in [7, 11) is 3.11. The predicted molar refractivity (Wildman–Crippen MR) is 101 cm³/mol. The molecule has 1 unspecified atom stereocenters. The third-order valence-electron chi connectivity index (χ3n) is 4.78. The predicted octanol–water partition coefficient (Wildman–Crippen LogP) is 2.73. The molecule has 0 radical (unpaired) electrons. The highest BCUT2D eigenvalue weighted by atomic mass is 16.5. The number of ether oxygens (including phenoxy) is 2. The monoisotopic (exact) mass is 369 g/mol. The number of aryl methyl sites for hydroxylation is 1. The van der Waals surface area contributed by atoms with Gasteiger partial charge < -0.3 is 19.5 Å². The van der Waals surface area contributed by atoms with E-state index in [2.05, 4.69) is 0 Å². The molecule has 0 aromatic heterocycles. The number of ketones is 1. The van der Waals surface area contributed by atoms with E-state index in [0.29, 0.717) is 22.7 Å². The third-order valence-corrected chi connectivity index (χ3v) is 4.78. The van der Waals surface area contributed by atoms with Crippen LogP contribution in [0.15, 0.2) is 36.4 Å². The topological polar surface area (TPSA) is 76.1 Å². The summed E-state index contributed by atoms with van der Waals surface area (Å²) in [5.41, 5.74) is 0.993. The molecule has 1 aliphatic rings. The van der Waals surface area contributed by atoms with Gasteiger partial charge in [0.25, 0.3) is 5.91 Å². The van der Waals surface area contributed by atoms with Crippen LogP contribution < -0.4 is 14.4 Å². The largest absolute Gasteiger partial charge is 0.493 e. The van der Waals surface area contributed by atoms with Gasteiger partial charge in [-0.1, -0.05) is 23.8 Å². The SMILES string of the molecule is COc1ccc(CN2C(=O)C(O)(CC(C)=O)c3cc(C)ccc32)cc1OC. The summed E-state index contributed by atoms with van der Waals surface area (Å²) in [6.07, 6.45) is -0.245. The molecule has 1 N–H and O–H groups in total. The maximum Gasteiger partial charge on any atom is 0.264 e. The first-order chi connectivity index (χ1) is 12.8. The van der Waals surface area contributed by atoms with Gasteiger partial charge in [-0.05, 0) is 37.6 Å². The van der Waals surface area contributed by atoms with Gasteiger partial charge in [0.2, 0.25) is 0 Å². The molecular formula is C21H23NO5. The standard InChI is InChI=1S/C21H23NO5/c1-13-5-7-17-16(9-13)21(25,11-14(2)23)20(24)22(17)12-15-6-8-18(26-3)19(10-15)27-4/h5-10,25H,11-12H2,1-4H3. The minimum atomic E-state index is -1.83. The van der Waals surface area contributed by atoms with Crippen LogP contribution in [-0.2, 0) is 21.7 Å². The van der Waals surface area contributed by atoms with E-state index >= 15 is 0 Å². The second-order valence-electron chi connectivity index (χ2n) is 6.84. The number of benzene rings is 2. The lowest BCUT2D eigenvalue weighted by atomic mass is 9.89. The summed E-state index contributed by atoms with van der Waals surface area (Å²) in [6, 6.07) is 10.9. The molecule has 0 saturated heterocycles. The number of nitrogens with zero attached hydrogens (tertiary/aromatic N) is 1. The van der Waals surface area contributed by atoms with Crippen molar-refractivity contribution in [2.75, 3.05) is 19.1 Å². The number of rotatable bonds is 6. The van der Waals surface area contributed by atoms with E-state index in [0.717, 1.165) is 11.1 Å². The van der Waals surface area contributed by atoms with E-state index in [1.807, 2.05) is 19.1 Å². The fourth-order valence-corrected chi connectivity index (χ4v) is 3.51. The average Bonchev–Trinajstić information content (AvgIpc) is 2.82. The molecule has 0 saturated carbocycles. The zero-order valence-electron chi connectivity index (χ0n) is 15.9. The smallest absolute Gasteiger partial charge is 0.264 e. The molecule has 1 heterocycles. The minimum absolute atomic E-state index is 0.244. The fraction of sp³-hybridized carbons (Fsp3) is 0.333. The molecule has 6 heteroatoms. The lowest BCUT2D eigenvalue weighted by molar-refractivity contribution is -0.141. The van der Waals surface area contributed by atoms with Gasteiger partial charge in [-0.15, -0.1) is 0 Å². The van der Waals surface area contributed by atoms with Gasteiger partial charge in [0.05, 0.1) is 26.5 Å². The molecule has 3 rings (SSSR count). The van der Waals surface area contributed by atoms with Crippen LogP contribution in [0.1, 0.15) is 30.0 Å². The highest BCUT2D eigenvalue weighted by Crippen LogP contribution is 2.44. The van der Waals surface area contributed by atoms with Gasteiger partial charge >= 0.3 is 0 Å². The molecule has 0 fully saturated rings. The summed E-state index contributed by atoms with van der Waals surface area (Å²) in [5, 5.41) is 11.1. The molecule has 0 aliphatic carbocycles. The first kappa shape index (κ1) is 18.9. The number of hydrogen-bond acceptors (Lipinski definition) is 5. The number of amides is 1. The van der Waals surface area contributed by atoms with Gasteiger partial charge in [0.1, 0.15) is 5.78 Å². The van der Waals surface area contributed by atoms with Crippen LogP contribution in [0.2, 0.25) is 0 Å². The fourth-order valence-electron chi connectivity index (χ4n) is 3.51. The van der Waals surface area contributed by atoms with Crippen molar-refractivity contribution < 1.29 is 24.2 Å². The molecule has 1 aliphatic heterocycles. The summed E-state index contributed by atoms with van der Waals surface area (Å²) in [4.78, 5) is 26.3. The number of fused-ring (bicyclic) bond motifs is 1. The van der Waals surface area contributed by atoms with Crippen molar-refractivity contribution in [2.24, 2.45) is 0 Å². The maximum atomic E-state index is 13.1. The van der Waals surface area contributed by atoms with E-state index in [-0.39, 0.29) is 18.7 Å². The van der Waals surface area contributed by atoms with Gasteiger partial charge in [-0.2, -0.15) is 0 Å². The molecule has 2 aromatic carbocycles. The van der Waals surface area contributed by atoms with Crippen LogP contribution >= 0.6 is 0 Å². The van der Waals surface area contributed by atoms with Crippen molar-refractivity contribution in [3.63, 3.8) is 0 Å². The molecule has 6 nitrogen and oxygen atoms in total. The van der Waals surface area contributed by atoms with E-state index < -0.39 is 11.5 Å². The van der Waals surface area contributed by atoms with E-state index in [1.165, 1.54) is 11.8 Å². The number of carbonyl (C=O) groups excluding carboxylic acids is 2. The van der Waals surface area contributed by atoms with Gasteiger partial charge in [-0.25, -0.2) is 0 Å². The zero-order chi connectivity index (χ0) is 19.8. The Hall–Kier alpha value is -2.86.